The predicted octanol–water partition coefficient (Wildman–Crippen LogP) is 4.46. The summed E-state index contributed by atoms with van der Waals surface area (Å²) in [6, 6.07) is 5.35. The van der Waals surface area contributed by atoms with Crippen LogP contribution in [0.2, 0.25) is 0 Å². The first-order valence-corrected chi connectivity index (χ1v) is 7.73. The monoisotopic (exact) mass is 279 g/mol. The van der Waals surface area contributed by atoms with Gasteiger partial charge in [-0.3, -0.25) is 0 Å². The lowest BCUT2D eigenvalue weighted by Crippen LogP contribution is -2.36. The van der Waals surface area contributed by atoms with Gasteiger partial charge in [-0.05, 0) is 37.3 Å². The molecule has 0 heterocycles. The van der Waals surface area contributed by atoms with Gasteiger partial charge in [-0.15, -0.1) is 0 Å². The van der Waals surface area contributed by atoms with E-state index in [1.165, 1.54) is 31.7 Å². The van der Waals surface area contributed by atoms with Crippen molar-refractivity contribution in [1.29, 1.82) is 0 Å². The third kappa shape index (κ3) is 2.83. The highest BCUT2D eigenvalue weighted by Crippen LogP contribution is 2.50. The van der Waals surface area contributed by atoms with Crippen LogP contribution in [0.4, 0.5) is 4.39 Å². The van der Waals surface area contributed by atoms with Crippen LogP contribution >= 0.6 is 0 Å². The molecule has 20 heavy (non-hydrogen) atoms. The molecule has 0 amide bonds. The fourth-order valence-corrected chi connectivity index (χ4v) is 3.65. The second-order valence-corrected chi connectivity index (χ2v) is 5.80. The summed E-state index contributed by atoms with van der Waals surface area (Å²) in [7, 11) is 1.57. The Bertz CT molecular complexity index is 441. The maximum atomic E-state index is 14.5. The molecular formula is C17H26FNO. The minimum Gasteiger partial charge on any atom is -0.497 e. The summed E-state index contributed by atoms with van der Waals surface area (Å²) >= 11 is 0. The maximum absolute atomic E-state index is 14.5. The Hall–Kier alpha value is -1.09. The summed E-state index contributed by atoms with van der Waals surface area (Å²) in [5.74, 6) is 0.425. The fraction of sp³-hybridized carbons (Fsp3) is 0.647. The standard InChI is InChI=1S/C17H26FNO/c1-4-17(10-6-7-11-17)16(19-5-2)14-9-8-13(20-3)12-15(14)18/h8-9,12,16,19H,4-7,10-11H2,1-3H3. The van der Waals surface area contributed by atoms with E-state index >= 15 is 0 Å². The Morgan fingerprint density at radius 1 is 1.30 bits per heavy atom. The molecule has 112 valence electrons. The van der Waals surface area contributed by atoms with Crippen molar-refractivity contribution < 1.29 is 9.13 Å². The van der Waals surface area contributed by atoms with Gasteiger partial charge in [-0.25, -0.2) is 4.39 Å². The molecule has 1 saturated carbocycles. The number of halogens is 1. The van der Waals surface area contributed by atoms with Gasteiger partial charge >= 0.3 is 0 Å². The summed E-state index contributed by atoms with van der Waals surface area (Å²) < 4.78 is 19.6. The zero-order valence-electron chi connectivity index (χ0n) is 12.8. The van der Waals surface area contributed by atoms with E-state index in [1.807, 2.05) is 12.1 Å². The van der Waals surface area contributed by atoms with E-state index in [0.717, 1.165) is 18.5 Å². The molecule has 0 saturated heterocycles. The third-order valence-electron chi connectivity index (χ3n) is 4.84. The number of hydrogen-bond acceptors (Lipinski definition) is 2. The molecule has 0 aliphatic heterocycles. The van der Waals surface area contributed by atoms with Gasteiger partial charge in [0, 0.05) is 17.7 Å². The van der Waals surface area contributed by atoms with Crippen molar-refractivity contribution in [2.24, 2.45) is 5.41 Å². The van der Waals surface area contributed by atoms with E-state index in [0.29, 0.717) is 5.75 Å². The molecule has 0 radical (unpaired) electrons. The van der Waals surface area contributed by atoms with Gasteiger partial charge in [0.2, 0.25) is 0 Å². The summed E-state index contributed by atoms with van der Waals surface area (Å²) in [5.41, 5.74) is 0.988. The first-order valence-electron chi connectivity index (χ1n) is 7.73. The molecule has 1 aliphatic carbocycles. The van der Waals surface area contributed by atoms with Crippen molar-refractivity contribution >= 4 is 0 Å². The Kier molecular flexibility index (Phi) is 5.03. The van der Waals surface area contributed by atoms with Crippen LogP contribution in [0.5, 0.6) is 5.75 Å². The van der Waals surface area contributed by atoms with Crippen molar-refractivity contribution in [3.8, 4) is 5.75 Å². The Morgan fingerprint density at radius 3 is 2.50 bits per heavy atom. The highest BCUT2D eigenvalue weighted by molar-refractivity contribution is 5.32. The Morgan fingerprint density at radius 2 is 2.00 bits per heavy atom. The summed E-state index contributed by atoms with van der Waals surface area (Å²) in [5, 5.41) is 3.53. The van der Waals surface area contributed by atoms with Crippen LogP contribution in [-0.2, 0) is 0 Å². The van der Waals surface area contributed by atoms with Gasteiger partial charge < -0.3 is 10.1 Å². The SMILES string of the molecule is CCNC(c1ccc(OC)cc1F)C1(CC)CCCC1. The largest absolute Gasteiger partial charge is 0.497 e. The van der Waals surface area contributed by atoms with Gasteiger partial charge in [0.05, 0.1) is 7.11 Å². The number of methoxy groups -OCH3 is 1. The van der Waals surface area contributed by atoms with Crippen LogP contribution in [-0.4, -0.2) is 13.7 Å². The smallest absolute Gasteiger partial charge is 0.131 e. The molecule has 1 N–H and O–H groups in total. The fourth-order valence-electron chi connectivity index (χ4n) is 3.65. The van der Waals surface area contributed by atoms with Crippen LogP contribution in [0.1, 0.15) is 57.6 Å². The second-order valence-electron chi connectivity index (χ2n) is 5.80. The summed E-state index contributed by atoms with van der Waals surface area (Å²) in [6.07, 6.45) is 5.98. The topological polar surface area (TPSA) is 21.3 Å². The molecule has 1 unspecified atom stereocenters. The quantitative estimate of drug-likeness (QED) is 0.830. The number of rotatable bonds is 6. The van der Waals surface area contributed by atoms with E-state index in [2.05, 4.69) is 19.2 Å². The highest BCUT2D eigenvalue weighted by Gasteiger charge is 2.41. The molecule has 1 fully saturated rings. The van der Waals surface area contributed by atoms with Gasteiger partial charge in [-0.2, -0.15) is 0 Å². The lowest BCUT2D eigenvalue weighted by Gasteiger charge is -2.38. The van der Waals surface area contributed by atoms with Crippen LogP contribution < -0.4 is 10.1 Å². The molecule has 1 aliphatic rings. The van der Waals surface area contributed by atoms with Crippen LogP contribution in [0.25, 0.3) is 0 Å². The van der Waals surface area contributed by atoms with E-state index in [4.69, 9.17) is 4.74 Å². The Balaban J connectivity index is 2.37. The van der Waals surface area contributed by atoms with Crippen LogP contribution in [0, 0.1) is 11.2 Å². The van der Waals surface area contributed by atoms with Crippen molar-refractivity contribution in [2.75, 3.05) is 13.7 Å². The minimum absolute atomic E-state index is 0.103. The lowest BCUT2D eigenvalue weighted by molar-refractivity contribution is 0.185. The molecule has 2 nitrogen and oxygen atoms in total. The average molecular weight is 279 g/mol. The molecule has 3 heteroatoms. The van der Waals surface area contributed by atoms with E-state index in [9.17, 15) is 4.39 Å². The van der Waals surface area contributed by atoms with Crippen molar-refractivity contribution in [1.82, 2.24) is 5.32 Å². The zero-order chi connectivity index (χ0) is 14.6. The van der Waals surface area contributed by atoms with E-state index in [-0.39, 0.29) is 17.3 Å². The van der Waals surface area contributed by atoms with Crippen molar-refractivity contribution in [2.45, 2.75) is 52.0 Å². The summed E-state index contributed by atoms with van der Waals surface area (Å²) in [4.78, 5) is 0. The van der Waals surface area contributed by atoms with Crippen molar-refractivity contribution in [3.63, 3.8) is 0 Å². The number of hydrogen-bond donors (Lipinski definition) is 1. The first-order chi connectivity index (χ1) is 9.66. The molecule has 1 aromatic carbocycles. The molecule has 0 bridgehead atoms. The zero-order valence-corrected chi connectivity index (χ0v) is 12.8. The van der Waals surface area contributed by atoms with Crippen molar-refractivity contribution in [3.05, 3.63) is 29.6 Å². The van der Waals surface area contributed by atoms with Gasteiger partial charge in [0.15, 0.2) is 0 Å². The third-order valence-corrected chi connectivity index (χ3v) is 4.84. The molecule has 0 spiro atoms. The van der Waals surface area contributed by atoms with Crippen LogP contribution in [0.15, 0.2) is 18.2 Å². The maximum Gasteiger partial charge on any atom is 0.131 e. The predicted molar refractivity (Wildman–Crippen MR) is 80.6 cm³/mol. The van der Waals surface area contributed by atoms with E-state index in [1.54, 1.807) is 7.11 Å². The minimum atomic E-state index is -0.157. The molecule has 2 rings (SSSR count). The number of nitrogens with one attached hydrogen (secondary N) is 1. The average Bonchev–Trinajstić information content (AvgIpc) is 2.95. The van der Waals surface area contributed by atoms with Crippen LogP contribution in [0.3, 0.4) is 0 Å². The number of benzene rings is 1. The molecule has 1 aromatic rings. The normalized spacial score (nSPS) is 19.0. The summed E-state index contributed by atoms with van der Waals surface area (Å²) in [6.45, 7) is 5.18. The molecule has 0 aromatic heterocycles. The van der Waals surface area contributed by atoms with Gasteiger partial charge in [0.1, 0.15) is 11.6 Å². The first kappa shape index (κ1) is 15.3. The Labute approximate surface area is 121 Å². The highest BCUT2D eigenvalue weighted by atomic mass is 19.1. The second kappa shape index (κ2) is 6.57. The lowest BCUT2D eigenvalue weighted by atomic mass is 9.73. The molecule has 1 atom stereocenters. The van der Waals surface area contributed by atoms with Gasteiger partial charge in [0.25, 0.3) is 0 Å². The molecular weight excluding hydrogens is 253 g/mol. The number of ether oxygens (including phenoxy) is 1. The van der Waals surface area contributed by atoms with Gasteiger partial charge in [-0.1, -0.05) is 32.8 Å². The van der Waals surface area contributed by atoms with E-state index < -0.39 is 0 Å².